The zero-order chi connectivity index (χ0) is 15.9. The molecule has 1 spiro atoms. The first-order chi connectivity index (χ1) is 11.2. The Bertz CT molecular complexity index is 594. The minimum atomic E-state index is 0.200. The smallest absolute Gasteiger partial charge is 0.232 e. The lowest BCUT2D eigenvalue weighted by Crippen LogP contribution is -2.36. The summed E-state index contributed by atoms with van der Waals surface area (Å²) in [6.45, 7) is 6.53. The highest BCUT2D eigenvalue weighted by atomic mass is 32.1. The summed E-state index contributed by atoms with van der Waals surface area (Å²) in [6, 6.07) is 0. The molecular formula is C18H25N3OS. The largest absolute Gasteiger partial charge is 0.317 e. The van der Waals surface area contributed by atoms with Gasteiger partial charge in [0.15, 0.2) is 5.13 Å². The van der Waals surface area contributed by atoms with Crippen molar-refractivity contribution in [2.75, 3.05) is 24.5 Å². The first-order valence-electron chi connectivity index (χ1n) is 8.85. The molecule has 2 heterocycles. The van der Waals surface area contributed by atoms with Crippen LogP contribution in [0.2, 0.25) is 0 Å². The Morgan fingerprint density at radius 1 is 1.39 bits per heavy atom. The van der Waals surface area contributed by atoms with Crippen LogP contribution in [0.5, 0.6) is 0 Å². The molecule has 1 saturated carbocycles. The third-order valence-corrected chi connectivity index (χ3v) is 6.91. The van der Waals surface area contributed by atoms with Crippen molar-refractivity contribution in [3.8, 4) is 0 Å². The number of piperidine rings is 1. The molecule has 1 aromatic rings. The van der Waals surface area contributed by atoms with Crippen molar-refractivity contribution in [1.82, 2.24) is 10.3 Å². The van der Waals surface area contributed by atoms with Gasteiger partial charge in [-0.1, -0.05) is 6.08 Å². The van der Waals surface area contributed by atoms with E-state index in [1.807, 2.05) is 11.0 Å². The standard InChI is InChI=1S/C18H25N3OS/c1-2-11-21(17-20-14-5-3-4-6-15(14)23-17)16(22)13-12-18(13)7-9-19-10-8-18/h2,13,19H,1,3-12H2. The lowest BCUT2D eigenvalue weighted by atomic mass is 9.91. The van der Waals surface area contributed by atoms with Crippen molar-refractivity contribution in [2.45, 2.75) is 44.9 Å². The highest BCUT2D eigenvalue weighted by Gasteiger charge is 2.58. The number of nitrogens with zero attached hydrogens (tertiary/aromatic N) is 2. The van der Waals surface area contributed by atoms with Gasteiger partial charge >= 0.3 is 0 Å². The van der Waals surface area contributed by atoms with E-state index in [0.717, 1.165) is 50.3 Å². The van der Waals surface area contributed by atoms with Gasteiger partial charge in [0.2, 0.25) is 5.91 Å². The maximum absolute atomic E-state index is 13.1. The van der Waals surface area contributed by atoms with Gasteiger partial charge in [-0.15, -0.1) is 17.9 Å². The van der Waals surface area contributed by atoms with E-state index in [1.165, 1.54) is 23.4 Å². The van der Waals surface area contributed by atoms with Crippen molar-refractivity contribution in [3.05, 3.63) is 23.2 Å². The zero-order valence-corrected chi connectivity index (χ0v) is 14.5. The van der Waals surface area contributed by atoms with Gasteiger partial charge in [-0.2, -0.15) is 0 Å². The lowest BCUT2D eigenvalue weighted by molar-refractivity contribution is -0.120. The molecule has 1 N–H and O–H groups in total. The van der Waals surface area contributed by atoms with Crippen molar-refractivity contribution in [1.29, 1.82) is 0 Å². The lowest BCUT2D eigenvalue weighted by Gasteiger charge is -2.25. The zero-order valence-electron chi connectivity index (χ0n) is 13.6. The van der Waals surface area contributed by atoms with Crippen LogP contribution in [0.1, 0.15) is 42.7 Å². The number of anilines is 1. The number of nitrogens with one attached hydrogen (secondary N) is 1. The van der Waals surface area contributed by atoms with Gasteiger partial charge in [0.25, 0.3) is 0 Å². The molecule has 124 valence electrons. The third-order valence-electron chi connectivity index (χ3n) is 5.73. The predicted molar refractivity (Wildman–Crippen MR) is 93.9 cm³/mol. The molecule has 0 radical (unpaired) electrons. The summed E-state index contributed by atoms with van der Waals surface area (Å²) in [4.78, 5) is 21.2. The van der Waals surface area contributed by atoms with E-state index in [9.17, 15) is 4.79 Å². The molecule has 5 heteroatoms. The van der Waals surface area contributed by atoms with Gasteiger partial charge in [-0.05, 0) is 63.5 Å². The van der Waals surface area contributed by atoms with E-state index in [2.05, 4.69) is 11.9 Å². The van der Waals surface area contributed by atoms with Gasteiger partial charge in [0.1, 0.15) is 0 Å². The molecule has 1 aliphatic heterocycles. The van der Waals surface area contributed by atoms with Crippen LogP contribution in [-0.4, -0.2) is 30.5 Å². The SMILES string of the molecule is C=CCN(C(=O)C1CC12CCNCC2)c1nc2c(s1)CCCC2. The van der Waals surface area contributed by atoms with Crippen LogP contribution >= 0.6 is 11.3 Å². The van der Waals surface area contributed by atoms with E-state index in [1.54, 1.807) is 11.3 Å². The summed E-state index contributed by atoms with van der Waals surface area (Å²) in [5.74, 6) is 0.475. The molecule has 3 aliphatic rings. The quantitative estimate of drug-likeness (QED) is 0.863. The summed E-state index contributed by atoms with van der Waals surface area (Å²) in [5.41, 5.74) is 1.50. The van der Waals surface area contributed by atoms with Crippen LogP contribution in [0.15, 0.2) is 12.7 Å². The molecule has 2 fully saturated rings. The van der Waals surface area contributed by atoms with E-state index < -0.39 is 0 Å². The van der Waals surface area contributed by atoms with Gasteiger partial charge < -0.3 is 5.32 Å². The van der Waals surface area contributed by atoms with E-state index in [0.29, 0.717) is 6.54 Å². The van der Waals surface area contributed by atoms with E-state index >= 15 is 0 Å². The predicted octanol–water partition coefficient (Wildman–Crippen LogP) is 2.93. The number of fused-ring (bicyclic) bond motifs is 1. The van der Waals surface area contributed by atoms with Crippen LogP contribution in [0, 0.1) is 11.3 Å². The number of carbonyl (C=O) groups excluding carboxylic acids is 1. The number of hydrogen-bond donors (Lipinski definition) is 1. The molecule has 2 aliphatic carbocycles. The second-order valence-electron chi connectivity index (χ2n) is 7.18. The molecular weight excluding hydrogens is 306 g/mol. The molecule has 23 heavy (non-hydrogen) atoms. The van der Waals surface area contributed by atoms with Gasteiger partial charge in [0.05, 0.1) is 5.69 Å². The summed E-state index contributed by atoms with van der Waals surface area (Å²) in [6.07, 6.45) is 9.84. The van der Waals surface area contributed by atoms with Crippen LogP contribution < -0.4 is 10.2 Å². The van der Waals surface area contributed by atoms with Crippen molar-refractivity contribution in [2.24, 2.45) is 11.3 Å². The highest BCUT2D eigenvalue weighted by Crippen LogP contribution is 2.59. The summed E-state index contributed by atoms with van der Waals surface area (Å²) in [5, 5.41) is 4.31. The second kappa shape index (κ2) is 6.02. The molecule has 1 aromatic heterocycles. The Hall–Kier alpha value is -1.20. The summed E-state index contributed by atoms with van der Waals surface area (Å²) < 4.78 is 0. The Balaban J connectivity index is 1.54. The Labute approximate surface area is 142 Å². The van der Waals surface area contributed by atoms with Crippen LogP contribution in [-0.2, 0) is 17.6 Å². The minimum absolute atomic E-state index is 0.200. The van der Waals surface area contributed by atoms with Gasteiger partial charge in [-0.25, -0.2) is 4.98 Å². The molecule has 1 unspecified atom stereocenters. The number of amides is 1. The second-order valence-corrected chi connectivity index (χ2v) is 8.24. The summed E-state index contributed by atoms with van der Waals surface area (Å²) in [7, 11) is 0. The topological polar surface area (TPSA) is 45.2 Å². The van der Waals surface area contributed by atoms with E-state index in [-0.39, 0.29) is 17.2 Å². The molecule has 0 aromatic carbocycles. The molecule has 1 atom stereocenters. The third kappa shape index (κ3) is 2.74. The Kier molecular flexibility index (Phi) is 4.01. The van der Waals surface area contributed by atoms with Crippen LogP contribution in [0.4, 0.5) is 5.13 Å². The normalized spacial score (nSPS) is 25.0. The fourth-order valence-corrected chi connectivity index (χ4v) is 5.37. The molecule has 0 bridgehead atoms. The first kappa shape index (κ1) is 15.3. The van der Waals surface area contributed by atoms with Crippen molar-refractivity contribution < 1.29 is 4.79 Å². The monoisotopic (exact) mass is 331 g/mol. The van der Waals surface area contributed by atoms with Crippen molar-refractivity contribution in [3.63, 3.8) is 0 Å². The minimum Gasteiger partial charge on any atom is -0.317 e. The number of hydrogen-bond acceptors (Lipinski definition) is 4. The number of thiazole rings is 1. The fraction of sp³-hybridized carbons (Fsp3) is 0.667. The maximum Gasteiger partial charge on any atom is 0.232 e. The average Bonchev–Trinajstić information content (AvgIpc) is 3.08. The first-order valence-corrected chi connectivity index (χ1v) is 9.67. The van der Waals surface area contributed by atoms with Gasteiger partial charge in [0, 0.05) is 17.3 Å². The van der Waals surface area contributed by atoms with Crippen LogP contribution in [0.25, 0.3) is 0 Å². The van der Waals surface area contributed by atoms with Crippen LogP contribution in [0.3, 0.4) is 0 Å². The molecule has 4 nitrogen and oxygen atoms in total. The Morgan fingerprint density at radius 3 is 2.91 bits per heavy atom. The number of rotatable bonds is 4. The average molecular weight is 331 g/mol. The molecule has 1 amide bonds. The summed E-state index contributed by atoms with van der Waals surface area (Å²) >= 11 is 1.73. The molecule has 4 rings (SSSR count). The number of aryl methyl sites for hydroxylation is 2. The number of aromatic nitrogens is 1. The molecule has 1 saturated heterocycles. The maximum atomic E-state index is 13.1. The van der Waals surface area contributed by atoms with Crippen molar-refractivity contribution >= 4 is 22.4 Å². The highest BCUT2D eigenvalue weighted by molar-refractivity contribution is 7.16. The fourth-order valence-electron chi connectivity index (χ4n) is 4.21. The van der Waals surface area contributed by atoms with E-state index in [4.69, 9.17) is 4.98 Å². The Morgan fingerprint density at radius 2 is 2.17 bits per heavy atom. The number of carbonyl (C=O) groups is 1. The van der Waals surface area contributed by atoms with Gasteiger partial charge in [-0.3, -0.25) is 9.69 Å².